The molecular formula is C26H32ClF6N3O4. The van der Waals surface area contributed by atoms with Crippen molar-refractivity contribution in [2.75, 3.05) is 39.3 Å². The highest BCUT2D eigenvalue weighted by molar-refractivity contribution is 6.31. The van der Waals surface area contributed by atoms with E-state index in [9.17, 15) is 41.0 Å². The number of likely N-dealkylation sites (tertiary alicyclic amines) is 3. The van der Waals surface area contributed by atoms with Crippen molar-refractivity contribution in [1.29, 1.82) is 0 Å². The maximum Gasteiger partial charge on any atom is 0.434 e. The Kier molecular flexibility index (Phi) is 9.16. The highest BCUT2D eigenvalue weighted by Gasteiger charge is 2.60. The van der Waals surface area contributed by atoms with Crippen LogP contribution in [-0.4, -0.2) is 89.6 Å². The lowest BCUT2D eigenvalue weighted by Gasteiger charge is -2.39. The Morgan fingerprint density at radius 3 is 2.10 bits per heavy atom. The van der Waals surface area contributed by atoms with E-state index < -0.39 is 30.5 Å². The minimum Gasteiger partial charge on any atom is -0.481 e. The highest BCUT2D eigenvalue weighted by atomic mass is 35.5. The van der Waals surface area contributed by atoms with E-state index in [4.69, 9.17) is 11.6 Å². The first kappa shape index (κ1) is 30.7. The fraction of sp³-hybridized carbons (Fsp3) is 0.692. The van der Waals surface area contributed by atoms with Gasteiger partial charge in [-0.25, -0.2) is 4.79 Å². The zero-order chi connectivity index (χ0) is 29.3. The summed E-state index contributed by atoms with van der Waals surface area (Å²) in [6.45, 7) is 4.07. The third-order valence-electron chi connectivity index (χ3n) is 8.27. The number of piperidine rings is 2. The largest absolute Gasteiger partial charge is 0.481 e. The zero-order valence-electron chi connectivity index (χ0n) is 21.7. The Labute approximate surface area is 233 Å². The molecule has 3 aliphatic rings. The third kappa shape index (κ3) is 7.52. The number of hydrogen-bond acceptors (Lipinski definition) is 5. The lowest BCUT2D eigenvalue weighted by Crippen LogP contribution is -2.48. The molecule has 4 rings (SSSR count). The smallest absolute Gasteiger partial charge is 0.434 e. The molecule has 0 radical (unpaired) electrons. The van der Waals surface area contributed by atoms with Crippen molar-refractivity contribution in [3.05, 3.63) is 34.3 Å². The summed E-state index contributed by atoms with van der Waals surface area (Å²) < 4.78 is 80.6. The lowest BCUT2D eigenvalue weighted by atomic mass is 9.77. The molecule has 0 aliphatic carbocycles. The number of rotatable bonds is 6. The molecule has 1 amide bonds. The summed E-state index contributed by atoms with van der Waals surface area (Å²) in [6, 6.07) is 5.83. The molecule has 0 atom stereocenters. The van der Waals surface area contributed by atoms with Crippen LogP contribution in [0.3, 0.4) is 0 Å². The van der Waals surface area contributed by atoms with Crippen molar-refractivity contribution in [2.24, 2.45) is 11.3 Å². The number of hydrogen-bond donors (Lipinski definition) is 1. The molecule has 1 spiro atoms. The Morgan fingerprint density at radius 2 is 1.52 bits per heavy atom. The van der Waals surface area contributed by atoms with E-state index in [2.05, 4.69) is 14.5 Å². The van der Waals surface area contributed by atoms with Crippen LogP contribution in [-0.2, 0) is 22.6 Å². The highest BCUT2D eigenvalue weighted by Crippen LogP contribution is 2.42. The Hall–Kier alpha value is -2.25. The molecule has 3 fully saturated rings. The van der Waals surface area contributed by atoms with Gasteiger partial charge in [0.05, 0.1) is 5.92 Å². The van der Waals surface area contributed by atoms with E-state index in [1.54, 1.807) is 0 Å². The average Bonchev–Trinajstić information content (AvgIpc) is 3.28. The van der Waals surface area contributed by atoms with E-state index >= 15 is 0 Å². The summed E-state index contributed by atoms with van der Waals surface area (Å²) in [5.74, 6) is -1.07. The molecule has 40 heavy (non-hydrogen) atoms. The van der Waals surface area contributed by atoms with Crippen LogP contribution >= 0.6 is 11.6 Å². The van der Waals surface area contributed by atoms with Gasteiger partial charge >= 0.3 is 24.4 Å². The first-order chi connectivity index (χ1) is 18.6. The quantitative estimate of drug-likeness (QED) is 0.432. The normalized spacial score (nSPS) is 21.4. The predicted octanol–water partition coefficient (Wildman–Crippen LogP) is 5.55. The maximum atomic E-state index is 12.8. The molecular weight excluding hydrogens is 568 g/mol. The Balaban J connectivity index is 1.28. The van der Waals surface area contributed by atoms with Gasteiger partial charge in [-0.15, -0.1) is 0 Å². The Morgan fingerprint density at radius 1 is 0.950 bits per heavy atom. The van der Waals surface area contributed by atoms with Crippen LogP contribution in [0, 0.1) is 11.3 Å². The van der Waals surface area contributed by atoms with Crippen molar-refractivity contribution in [3.63, 3.8) is 0 Å². The van der Waals surface area contributed by atoms with Gasteiger partial charge < -0.3 is 14.7 Å². The molecule has 3 aliphatic heterocycles. The molecule has 0 bridgehead atoms. The van der Waals surface area contributed by atoms with Crippen molar-refractivity contribution >= 4 is 23.7 Å². The summed E-state index contributed by atoms with van der Waals surface area (Å²) in [4.78, 5) is 28.7. The van der Waals surface area contributed by atoms with E-state index in [1.165, 1.54) is 0 Å². The number of nitrogens with zero attached hydrogens (tertiary/aromatic N) is 3. The summed E-state index contributed by atoms with van der Waals surface area (Å²) in [6.07, 6.45) is -14.2. The number of amides is 1. The van der Waals surface area contributed by atoms with Crippen LogP contribution in [0.5, 0.6) is 0 Å². The number of halogens is 7. The first-order valence-corrected chi connectivity index (χ1v) is 13.6. The molecule has 7 nitrogen and oxygen atoms in total. The maximum absolute atomic E-state index is 12.8. The summed E-state index contributed by atoms with van der Waals surface area (Å²) in [7, 11) is 0. The standard InChI is InChI=1S/C26H32ClF6N3O4/c27-20-2-1-17(13-19(20)15-34-8-3-18(4-9-34)21(37)38)14-35-10-5-24(6-11-35)7-12-36(16-24)23(39)40-22(25(28,29)30)26(31,32)33/h1-2,13,18,22H,3-12,14-16H2,(H,37,38). The van der Waals surface area contributed by atoms with E-state index in [1.807, 2.05) is 18.2 Å². The summed E-state index contributed by atoms with van der Waals surface area (Å²) in [5.41, 5.74) is 1.65. The summed E-state index contributed by atoms with van der Waals surface area (Å²) in [5, 5.41) is 9.83. The van der Waals surface area contributed by atoms with Gasteiger partial charge in [0, 0.05) is 31.2 Å². The first-order valence-electron chi connectivity index (χ1n) is 13.2. The molecule has 0 aromatic heterocycles. The molecule has 0 saturated carbocycles. The number of aliphatic carboxylic acids is 1. The SMILES string of the molecule is O=C(O)C1CCN(Cc2cc(CN3CCC4(CC3)CCN(C(=O)OC(C(F)(F)F)C(F)(F)F)C4)ccc2Cl)CC1. The molecule has 3 heterocycles. The van der Waals surface area contributed by atoms with Gasteiger partial charge in [-0.05, 0) is 80.9 Å². The molecule has 3 saturated heterocycles. The second-order valence-electron chi connectivity index (χ2n) is 11.1. The van der Waals surface area contributed by atoms with Crippen LogP contribution in [0.25, 0.3) is 0 Å². The van der Waals surface area contributed by atoms with E-state index in [-0.39, 0.29) is 24.4 Å². The van der Waals surface area contributed by atoms with Crippen LogP contribution < -0.4 is 0 Å². The number of ether oxygens (including phenoxy) is 1. The van der Waals surface area contributed by atoms with Crippen LogP contribution in [0.15, 0.2) is 18.2 Å². The topological polar surface area (TPSA) is 73.3 Å². The second kappa shape index (κ2) is 11.9. The fourth-order valence-corrected chi connectivity index (χ4v) is 6.04. The molecule has 0 unspecified atom stereocenters. The molecule has 1 N–H and O–H groups in total. The van der Waals surface area contributed by atoms with Crippen LogP contribution in [0.4, 0.5) is 31.1 Å². The van der Waals surface area contributed by atoms with Gasteiger partial charge in [-0.2, -0.15) is 26.3 Å². The van der Waals surface area contributed by atoms with Gasteiger partial charge in [0.25, 0.3) is 6.10 Å². The minimum atomic E-state index is -5.74. The van der Waals surface area contributed by atoms with E-state index in [0.29, 0.717) is 76.4 Å². The number of carboxylic acid groups (broad SMARTS) is 1. The number of benzene rings is 1. The predicted molar refractivity (Wildman–Crippen MR) is 133 cm³/mol. The van der Waals surface area contributed by atoms with Crippen LogP contribution in [0.1, 0.15) is 43.2 Å². The summed E-state index contributed by atoms with van der Waals surface area (Å²) >= 11 is 6.44. The molecule has 14 heteroatoms. The molecule has 224 valence electrons. The fourth-order valence-electron chi connectivity index (χ4n) is 5.86. The minimum absolute atomic E-state index is 0.0471. The third-order valence-corrected chi connectivity index (χ3v) is 8.64. The van der Waals surface area contributed by atoms with Crippen molar-refractivity contribution < 1.29 is 45.8 Å². The monoisotopic (exact) mass is 599 g/mol. The molecule has 1 aromatic carbocycles. The Bertz CT molecular complexity index is 1060. The molecule has 1 aromatic rings. The zero-order valence-corrected chi connectivity index (χ0v) is 22.5. The van der Waals surface area contributed by atoms with Crippen molar-refractivity contribution in [2.45, 2.75) is 63.7 Å². The van der Waals surface area contributed by atoms with Gasteiger partial charge in [0.1, 0.15) is 0 Å². The number of carbonyl (C=O) groups is 2. The van der Waals surface area contributed by atoms with Gasteiger partial charge in [0.2, 0.25) is 0 Å². The van der Waals surface area contributed by atoms with Gasteiger partial charge in [0.15, 0.2) is 0 Å². The number of carbonyl (C=O) groups excluding carboxylic acids is 1. The number of alkyl halides is 6. The van der Waals surface area contributed by atoms with Crippen molar-refractivity contribution in [1.82, 2.24) is 14.7 Å². The average molecular weight is 600 g/mol. The van der Waals surface area contributed by atoms with Gasteiger partial charge in [-0.1, -0.05) is 23.7 Å². The van der Waals surface area contributed by atoms with Gasteiger partial charge in [-0.3, -0.25) is 14.6 Å². The lowest BCUT2D eigenvalue weighted by molar-refractivity contribution is -0.308. The second-order valence-corrected chi connectivity index (χ2v) is 11.5. The van der Waals surface area contributed by atoms with E-state index in [0.717, 1.165) is 16.0 Å². The number of carboxylic acids is 1. The van der Waals surface area contributed by atoms with Crippen molar-refractivity contribution in [3.8, 4) is 0 Å². The van der Waals surface area contributed by atoms with Crippen LogP contribution in [0.2, 0.25) is 5.02 Å².